The maximum Gasteiger partial charge on any atom is 0.312 e. The molecule has 2 rings (SSSR count). The first-order valence-corrected chi connectivity index (χ1v) is 6.96. The van der Waals surface area contributed by atoms with E-state index in [2.05, 4.69) is 26.2 Å². The second kappa shape index (κ2) is 6.52. The zero-order valence-electron chi connectivity index (χ0n) is 11.3. The highest BCUT2D eigenvalue weighted by molar-refractivity contribution is 9.10. The minimum Gasteiger partial charge on any atom is -0.469 e. The number of hydrogen-bond donors (Lipinski definition) is 1. The van der Waals surface area contributed by atoms with E-state index in [0.717, 1.165) is 21.5 Å². The molecule has 0 saturated carbocycles. The molecule has 1 atom stereocenters. The van der Waals surface area contributed by atoms with Crippen LogP contribution < -0.4 is 5.32 Å². The molecule has 0 aliphatic heterocycles. The lowest BCUT2D eigenvalue weighted by molar-refractivity contribution is -0.141. The number of esters is 1. The molecule has 0 aliphatic carbocycles. The van der Waals surface area contributed by atoms with Gasteiger partial charge >= 0.3 is 5.97 Å². The molecule has 0 fully saturated rings. The molecule has 20 heavy (non-hydrogen) atoms. The Hall–Kier alpha value is -1.88. The number of halogens is 1. The van der Waals surface area contributed by atoms with Gasteiger partial charge in [0.1, 0.15) is 5.82 Å². The van der Waals surface area contributed by atoms with Gasteiger partial charge in [0.05, 0.1) is 13.0 Å². The van der Waals surface area contributed by atoms with Crippen LogP contribution >= 0.6 is 15.9 Å². The first-order chi connectivity index (χ1) is 9.60. The highest BCUT2D eigenvalue weighted by atomic mass is 79.9. The van der Waals surface area contributed by atoms with Gasteiger partial charge in [-0.1, -0.05) is 12.1 Å². The third-order valence-electron chi connectivity index (χ3n) is 2.97. The number of carbonyl (C=O) groups is 1. The Bertz CT molecular complexity index is 582. The molecule has 0 saturated heterocycles. The fraction of sp³-hybridized carbons (Fsp3) is 0.200. The summed E-state index contributed by atoms with van der Waals surface area (Å²) >= 11 is 3.34. The Morgan fingerprint density at radius 3 is 2.50 bits per heavy atom. The van der Waals surface area contributed by atoms with Crippen LogP contribution in [-0.2, 0) is 9.53 Å². The largest absolute Gasteiger partial charge is 0.469 e. The van der Waals surface area contributed by atoms with Gasteiger partial charge in [0.2, 0.25) is 0 Å². The maximum absolute atomic E-state index is 11.5. The number of aromatic nitrogens is 1. The van der Waals surface area contributed by atoms with Crippen molar-refractivity contribution in [2.24, 2.45) is 0 Å². The van der Waals surface area contributed by atoms with Gasteiger partial charge < -0.3 is 10.1 Å². The minimum absolute atomic E-state index is 0.236. The molecule has 5 heteroatoms. The van der Waals surface area contributed by atoms with Gasteiger partial charge in [0.15, 0.2) is 0 Å². The van der Waals surface area contributed by atoms with Crippen molar-refractivity contribution in [1.82, 2.24) is 4.98 Å². The van der Waals surface area contributed by atoms with E-state index in [1.54, 1.807) is 6.20 Å². The molecule has 0 bridgehead atoms. The van der Waals surface area contributed by atoms with Gasteiger partial charge in [-0.2, -0.15) is 0 Å². The van der Waals surface area contributed by atoms with E-state index >= 15 is 0 Å². The third kappa shape index (κ3) is 3.57. The van der Waals surface area contributed by atoms with E-state index in [4.69, 9.17) is 4.74 Å². The number of anilines is 2. The average Bonchev–Trinajstić information content (AvgIpc) is 2.49. The van der Waals surface area contributed by atoms with Crippen LogP contribution in [-0.4, -0.2) is 18.1 Å². The molecule has 1 aromatic carbocycles. The second-order valence-corrected chi connectivity index (χ2v) is 5.27. The number of hydrogen-bond acceptors (Lipinski definition) is 4. The molecular formula is C15H15BrN2O2. The topological polar surface area (TPSA) is 51.2 Å². The Labute approximate surface area is 126 Å². The lowest BCUT2D eigenvalue weighted by atomic mass is 10.0. The van der Waals surface area contributed by atoms with Crippen LogP contribution in [0.25, 0.3) is 0 Å². The second-order valence-electron chi connectivity index (χ2n) is 4.35. The highest BCUT2D eigenvalue weighted by Gasteiger charge is 2.15. The zero-order valence-corrected chi connectivity index (χ0v) is 12.8. The van der Waals surface area contributed by atoms with Crippen molar-refractivity contribution in [3.05, 3.63) is 52.6 Å². The van der Waals surface area contributed by atoms with Crippen LogP contribution in [0.4, 0.5) is 11.5 Å². The molecular weight excluding hydrogens is 320 g/mol. The van der Waals surface area contributed by atoms with E-state index < -0.39 is 0 Å². The molecule has 1 N–H and O–H groups in total. The number of rotatable bonds is 4. The predicted molar refractivity (Wildman–Crippen MR) is 82.1 cm³/mol. The molecule has 1 aromatic heterocycles. The Morgan fingerprint density at radius 1 is 1.25 bits per heavy atom. The summed E-state index contributed by atoms with van der Waals surface area (Å²) in [6.07, 6.45) is 1.73. The normalized spacial score (nSPS) is 11.8. The van der Waals surface area contributed by atoms with E-state index in [9.17, 15) is 4.79 Å². The van der Waals surface area contributed by atoms with Gasteiger partial charge in [0, 0.05) is 16.4 Å². The van der Waals surface area contributed by atoms with Crippen molar-refractivity contribution in [3.63, 3.8) is 0 Å². The summed E-state index contributed by atoms with van der Waals surface area (Å²) in [6.45, 7) is 1.82. The fourth-order valence-electron chi connectivity index (χ4n) is 1.77. The number of carbonyl (C=O) groups excluding carboxylic acids is 1. The summed E-state index contributed by atoms with van der Waals surface area (Å²) in [5, 5.41) is 3.19. The van der Waals surface area contributed by atoms with E-state index in [0.29, 0.717) is 0 Å². The Balaban J connectivity index is 2.08. The minimum atomic E-state index is -0.264. The van der Waals surface area contributed by atoms with Gasteiger partial charge in [-0.05, 0) is 52.7 Å². The van der Waals surface area contributed by atoms with Crippen molar-refractivity contribution in [3.8, 4) is 0 Å². The SMILES string of the molecule is COC(=O)[C@H](C)c1ccc(Nc2ccc(Br)cn2)cc1. The average molecular weight is 335 g/mol. The zero-order chi connectivity index (χ0) is 14.5. The van der Waals surface area contributed by atoms with Gasteiger partial charge in [-0.15, -0.1) is 0 Å². The standard InChI is InChI=1S/C15H15BrN2O2/c1-10(15(19)20-2)11-3-6-13(7-4-11)18-14-8-5-12(16)9-17-14/h3-10H,1-2H3,(H,17,18)/t10-/m1/s1. The van der Waals surface area contributed by atoms with Crippen LogP contribution in [0.3, 0.4) is 0 Å². The molecule has 0 spiro atoms. The molecule has 2 aromatic rings. The first kappa shape index (κ1) is 14.5. The number of benzene rings is 1. The van der Waals surface area contributed by atoms with Gasteiger partial charge in [0.25, 0.3) is 0 Å². The number of ether oxygens (including phenoxy) is 1. The lowest BCUT2D eigenvalue weighted by Crippen LogP contribution is -2.10. The smallest absolute Gasteiger partial charge is 0.312 e. The molecule has 1 heterocycles. The maximum atomic E-state index is 11.5. The summed E-state index contributed by atoms with van der Waals surface area (Å²) in [7, 11) is 1.40. The van der Waals surface area contributed by atoms with Gasteiger partial charge in [-0.3, -0.25) is 4.79 Å². The van der Waals surface area contributed by atoms with Crippen molar-refractivity contribution >= 4 is 33.4 Å². The monoisotopic (exact) mass is 334 g/mol. The van der Waals surface area contributed by atoms with Crippen LogP contribution in [0, 0.1) is 0 Å². The van der Waals surface area contributed by atoms with Crippen LogP contribution in [0.5, 0.6) is 0 Å². The van der Waals surface area contributed by atoms with Crippen LogP contribution in [0.1, 0.15) is 18.4 Å². The van der Waals surface area contributed by atoms with Crippen molar-refractivity contribution in [2.75, 3.05) is 12.4 Å². The Kier molecular flexibility index (Phi) is 4.74. The van der Waals surface area contributed by atoms with Crippen molar-refractivity contribution < 1.29 is 9.53 Å². The molecule has 4 nitrogen and oxygen atoms in total. The van der Waals surface area contributed by atoms with E-state index in [-0.39, 0.29) is 11.9 Å². The fourth-order valence-corrected chi connectivity index (χ4v) is 2.00. The Morgan fingerprint density at radius 2 is 1.95 bits per heavy atom. The summed E-state index contributed by atoms with van der Waals surface area (Å²) < 4.78 is 5.67. The van der Waals surface area contributed by atoms with Crippen molar-refractivity contribution in [2.45, 2.75) is 12.8 Å². The van der Waals surface area contributed by atoms with E-state index in [1.165, 1.54) is 7.11 Å². The number of nitrogens with zero attached hydrogens (tertiary/aromatic N) is 1. The molecule has 104 valence electrons. The summed E-state index contributed by atoms with van der Waals surface area (Å²) in [6, 6.07) is 11.4. The van der Waals surface area contributed by atoms with Crippen LogP contribution in [0.2, 0.25) is 0 Å². The number of nitrogens with one attached hydrogen (secondary N) is 1. The summed E-state index contributed by atoms with van der Waals surface area (Å²) in [5.74, 6) is 0.266. The van der Waals surface area contributed by atoms with Crippen molar-refractivity contribution in [1.29, 1.82) is 0 Å². The quantitative estimate of drug-likeness (QED) is 0.862. The molecule has 0 radical (unpaired) electrons. The third-order valence-corrected chi connectivity index (χ3v) is 3.43. The molecule has 0 aliphatic rings. The first-order valence-electron chi connectivity index (χ1n) is 6.16. The lowest BCUT2D eigenvalue weighted by Gasteiger charge is -2.11. The highest BCUT2D eigenvalue weighted by Crippen LogP contribution is 2.21. The molecule has 0 amide bonds. The summed E-state index contributed by atoms with van der Waals surface area (Å²) in [5.41, 5.74) is 1.84. The summed E-state index contributed by atoms with van der Waals surface area (Å²) in [4.78, 5) is 15.7. The number of methoxy groups -OCH3 is 1. The number of pyridine rings is 1. The predicted octanol–water partition coefficient (Wildman–Crippen LogP) is 3.86. The molecule has 0 unspecified atom stereocenters. The van der Waals surface area contributed by atoms with E-state index in [1.807, 2.05) is 43.3 Å². The van der Waals surface area contributed by atoms with Gasteiger partial charge in [-0.25, -0.2) is 4.98 Å². The van der Waals surface area contributed by atoms with Crippen LogP contribution in [0.15, 0.2) is 47.1 Å².